The minimum atomic E-state index is -0.234. The van der Waals surface area contributed by atoms with Gasteiger partial charge in [-0.05, 0) is 50.3 Å². The SMILES string of the molecule is CCn1ncc2c(N[C@H]3CC[C@@H](C(N)=O)CC3)c(C(=O)NCc3ccc(OC)cc3)cnc21. The number of aryl methyl sites for hydroxylation is 1. The third kappa shape index (κ3) is 4.92. The van der Waals surface area contributed by atoms with Gasteiger partial charge >= 0.3 is 0 Å². The second-order valence-electron chi connectivity index (χ2n) is 8.37. The van der Waals surface area contributed by atoms with Gasteiger partial charge in [0.2, 0.25) is 5.91 Å². The molecular weight excluding hydrogens is 420 g/mol. The van der Waals surface area contributed by atoms with Crippen LogP contribution in [0.1, 0.15) is 48.5 Å². The summed E-state index contributed by atoms with van der Waals surface area (Å²) < 4.78 is 7.00. The number of nitrogens with one attached hydrogen (secondary N) is 2. The molecule has 0 saturated heterocycles. The Labute approximate surface area is 192 Å². The molecule has 1 aliphatic carbocycles. The Kier molecular flexibility index (Phi) is 6.76. The van der Waals surface area contributed by atoms with Crippen molar-refractivity contribution in [2.24, 2.45) is 11.7 Å². The molecule has 4 N–H and O–H groups in total. The number of primary amides is 1. The number of nitrogens with zero attached hydrogens (tertiary/aromatic N) is 3. The predicted molar refractivity (Wildman–Crippen MR) is 126 cm³/mol. The maximum absolute atomic E-state index is 13.2. The number of ether oxygens (including phenoxy) is 1. The number of carbonyl (C=O) groups is 2. The highest BCUT2D eigenvalue weighted by molar-refractivity contribution is 6.06. The number of nitrogens with two attached hydrogens (primary N) is 1. The Bertz CT molecular complexity index is 1130. The summed E-state index contributed by atoms with van der Waals surface area (Å²) in [4.78, 5) is 29.2. The van der Waals surface area contributed by atoms with Crippen molar-refractivity contribution in [1.29, 1.82) is 0 Å². The van der Waals surface area contributed by atoms with Gasteiger partial charge in [-0.3, -0.25) is 9.59 Å². The molecule has 1 aromatic carbocycles. The van der Waals surface area contributed by atoms with Gasteiger partial charge in [0.1, 0.15) is 5.75 Å². The smallest absolute Gasteiger partial charge is 0.255 e. The first-order chi connectivity index (χ1) is 16.0. The molecule has 0 spiro atoms. The largest absolute Gasteiger partial charge is 0.497 e. The molecule has 0 unspecified atom stereocenters. The number of anilines is 1. The highest BCUT2D eigenvalue weighted by Gasteiger charge is 2.27. The fraction of sp³-hybridized carbons (Fsp3) is 0.417. The van der Waals surface area contributed by atoms with Crippen LogP contribution in [0.2, 0.25) is 0 Å². The van der Waals surface area contributed by atoms with Gasteiger partial charge in [0, 0.05) is 31.2 Å². The number of benzene rings is 1. The minimum absolute atomic E-state index is 0.0735. The Morgan fingerprint density at radius 3 is 2.52 bits per heavy atom. The van der Waals surface area contributed by atoms with Gasteiger partial charge in [-0.25, -0.2) is 9.67 Å². The van der Waals surface area contributed by atoms with Gasteiger partial charge < -0.3 is 21.1 Å². The van der Waals surface area contributed by atoms with E-state index in [0.717, 1.165) is 53.7 Å². The van der Waals surface area contributed by atoms with Crippen LogP contribution in [0.3, 0.4) is 0 Å². The maximum atomic E-state index is 13.2. The summed E-state index contributed by atoms with van der Waals surface area (Å²) in [6, 6.07) is 7.71. The van der Waals surface area contributed by atoms with E-state index >= 15 is 0 Å². The lowest BCUT2D eigenvalue weighted by atomic mass is 9.85. The van der Waals surface area contributed by atoms with Crippen molar-refractivity contribution in [2.75, 3.05) is 12.4 Å². The van der Waals surface area contributed by atoms with Gasteiger partial charge in [-0.2, -0.15) is 5.10 Å². The van der Waals surface area contributed by atoms with E-state index in [9.17, 15) is 9.59 Å². The standard InChI is InChI=1S/C24H30N6O3/c1-3-30-23-19(14-28-30)21(29-17-8-6-16(7-9-17)22(25)31)20(13-26-23)24(32)27-12-15-4-10-18(33-2)11-5-15/h4-5,10-11,13-14,16-17H,3,6-9,12H2,1-2H3,(H2,25,31)(H,26,29)(H,27,32)/t16-,17+. The number of hydrogen-bond acceptors (Lipinski definition) is 6. The van der Waals surface area contributed by atoms with Gasteiger partial charge in [-0.15, -0.1) is 0 Å². The number of carbonyl (C=O) groups excluding carboxylic acids is 2. The lowest BCUT2D eigenvalue weighted by Crippen LogP contribution is -2.33. The van der Waals surface area contributed by atoms with E-state index in [0.29, 0.717) is 18.7 Å². The van der Waals surface area contributed by atoms with E-state index in [2.05, 4.69) is 20.7 Å². The highest BCUT2D eigenvalue weighted by atomic mass is 16.5. The average molecular weight is 451 g/mol. The molecule has 9 heteroatoms. The number of aromatic nitrogens is 3. The van der Waals surface area contributed by atoms with Crippen molar-refractivity contribution in [3.63, 3.8) is 0 Å². The van der Waals surface area contributed by atoms with E-state index in [1.54, 1.807) is 19.5 Å². The van der Waals surface area contributed by atoms with Crippen LogP contribution in [0, 0.1) is 5.92 Å². The van der Waals surface area contributed by atoms with Crippen LogP contribution in [-0.4, -0.2) is 39.7 Å². The fourth-order valence-electron chi connectivity index (χ4n) is 4.33. The Hall–Kier alpha value is -3.62. The number of fused-ring (bicyclic) bond motifs is 1. The van der Waals surface area contributed by atoms with Crippen molar-refractivity contribution < 1.29 is 14.3 Å². The topological polar surface area (TPSA) is 124 Å². The number of pyridine rings is 1. The predicted octanol–water partition coefficient (Wildman–Crippen LogP) is 2.85. The molecule has 174 valence electrons. The molecular formula is C24H30N6O3. The summed E-state index contributed by atoms with van der Waals surface area (Å²) in [6.45, 7) is 3.07. The molecule has 1 aliphatic rings. The molecule has 1 saturated carbocycles. The van der Waals surface area contributed by atoms with Crippen molar-refractivity contribution in [3.05, 3.63) is 47.8 Å². The van der Waals surface area contributed by atoms with E-state index in [1.165, 1.54) is 0 Å². The molecule has 0 bridgehead atoms. The monoisotopic (exact) mass is 450 g/mol. The number of rotatable bonds is 8. The van der Waals surface area contributed by atoms with E-state index in [4.69, 9.17) is 10.5 Å². The van der Waals surface area contributed by atoms with Crippen LogP contribution in [-0.2, 0) is 17.9 Å². The summed E-state index contributed by atoms with van der Waals surface area (Å²) in [7, 11) is 1.62. The minimum Gasteiger partial charge on any atom is -0.497 e. The van der Waals surface area contributed by atoms with Crippen LogP contribution < -0.4 is 21.1 Å². The molecule has 0 atom stereocenters. The average Bonchev–Trinajstić information content (AvgIpc) is 3.27. The number of methoxy groups -OCH3 is 1. The fourth-order valence-corrected chi connectivity index (χ4v) is 4.33. The second kappa shape index (κ2) is 9.89. The van der Waals surface area contributed by atoms with E-state index < -0.39 is 0 Å². The first-order valence-electron chi connectivity index (χ1n) is 11.3. The molecule has 2 heterocycles. The first-order valence-corrected chi connectivity index (χ1v) is 11.3. The Morgan fingerprint density at radius 2 is 1.88 bits per heavy atom. The van der Waals surface area contributed by atoms with E-state index in [-0.39, 0.29) is 23.8 Å². The summed E-state index contributed by atoms with van der Waals surface area (Å²) in [5.74, 6) is 0.251. The lowest BCUT2D eigenvalue weighted by Gasteiger charge is -2.29. The first kappa shape index (κ1) is 22.6. The molecule has 9 nitrogen and oxygen atoms in total. The Morgan fingerprint density at radius 1 is 1.15 bits per heavy atom. The summed E-state index contributed by atoms with van der Waals surface area (Å²) in [5, 5.41) is 11.8. The van der Waals surface area contributed by atoms with Gasteiger partial charge in [-0.1, -0.05) is 12.1 Å². The zero-order valence-electron chi connectivity index (χ0n) is 19.0. The molecule has 33 heavy (non-hydrogen) atoms. The quantitative estimate of drug-likeness (QED) is 0.485. The normalized spacial score (nSPS) is 18.1. The van der Waals surface area contributed by atoms with Crippen LogP contribution in [0.25, 0.3) is 11.0 Å². The van der Waals surface area contributed by atoms with Crippen molar-refractivity contribution >= 4 is 28.5 Å². The lowest BCUT2D eigenvalue weighted by molar-refractivity contribution is -0.122. The molecule has 3 aromatic rings. The van der Waals surface area contributed by atoms with Crippen molar-refractivity contribution in [2.45, 2.75) is 51.7 Å². The van der Waals surface area contributed by atoms with Crippen LogP contribution in [0.4, 0.5) is 5.69 Å². The zero-order chi connectivity index (χ0) is 23.4. The second-order valence-corrected chi connectivity index (χ2v) is 8.37. The molecule has 0 radical (unpaired) electrons. The number of amides is 2. The van der Waals surface area contributed by atoms with Crippen LogP contribution in [0.15, 0.2) is 36.7 Å². The summed E-state index contributed by atoms with van der Waals surface area (Å²) in [6.07, 6.45) is 6.47. The van der Waals surface area contributed by atoms with Gasteiger partial charge in [0.15, 0.2) is 5.65 Å². The molecule has 2 aromatic heterocycles. The maximum Gasteiger partial charge on any atom is 0.255 e. The summed E-state index contributed by atoms with van der Waals surface area (Å²) >= 11 is 0. The third-order valence-corrected chi connectivity index (χ3v) is 6.30. The van der Waals surface area contributed by atoms with Crippen molar-refractivity contribution in [3.8, 4) is 5.75 Å². The number of hydrogen-bond donors (Lipinski definition) is 3. The molecule has 4 rings (SSSR count). The molecule has 2 amide bonds. The third-order valence-electron chi connectivity index (χ3n) is 6.30. The summed E-state index contributed by atoms with van der Waals surface area (Å²) in [5.41, 5.74) is 8.39. The highest BCUT2D eigenvalue weighted by Crippen LogP contribution is 2.31. The Balaban J connectivity index is 1.56. The molecule has 0 aliphatic heterocycles. The van der Waals surface area contributed by atoms with E-state index in [1.807, 2.05) is 35.9 Å². The van der Waals surface area contributed by atoms with Crippen molar-refractivity contribution in [1.82, 2.24) is 20.1 Å². The van der Waals surface area contributed by atoms with Gasteiger partial charge in [0.05, 0.1) is 29.9 Å². The molecule has 1 fully saturated rings. The van der Waals surface area contributed by atoms with Gasteiger partial charge in [0.25, 0.3) is 5.91 Å². The van der Waals surface area contributed by atoms with Crippen LogP contribution in [0.5, 0.6) is 5.75 Å². The zero-order valence-corrected chi connectivity index (χ0v) is 19.0. The van der Waals surface area contributed by atoms with Crippen LogP contribution >= 0.6 is 0 Å².